The Bertz CT molecular complexity index is 546. The minimum Gasteiger partial charge on any atom is -0.394 e. The molecule has 0 spiro atoms. The first kappa shape index (κ1) is 16.5. The largest absolute Gasteiger partial charge is 0.394 e. The van der Waals surface area contributed by atoms with E-state index in [9.17, 15) is 9.90 Å². The molecule has 2 rings (SSSR count). The van der Waals surface area contributed by atoms with E-state index >= 15 is 0 Å². The zero-order chi connectivity index (χ0) is 16.0. The highest BCUT2D eigenvalue weighted by atomic mass is 16.3. The number of aliphatic hydroxyl groups is 1. The molecule has 2 N–H and O–H groups in total. The molecule has 4 heteroatoms. The fourth-order valence-electron chi connectivity index (χ4n) is 3.04. The number of carbonyl (C=O) groups is 1. The molecule has 0 heterocycles. The van der Waals surface area contributed by atoms with E-state index in [0.29, 0.717) is 13.1 Å². The monoisotopic (exact) mass is 300 g/mol. The molecule has 1 aliphatic carbocycles. The summed E-state index contributed by atoms with van der Waals surface area (Å²) in [6.45, 7) is 8.52. The molecule has 0 aromatic heterocycles. The fourth-order valence-corrected chi connectivity index (χ4v) is 3.04. The van der Waals surface area contributed by atoms with Crippen LogP contribution in [0.15, 0.2) is 49.6 Å². The van der Waals surface area contributed by atoms with Crippen molar-refractivity contribution in [3.63, 3.8) is 0 Å². The van der Waals surface area contributed by atoms with Crippen LogP contribution in [-0.2, 0) is 16.8 Å². The quantitative estimate of drug-likeness (QED) is 0.717. The van der Waals surface area contributed by atoms with Crippen LogP contribution in [0, 0.1) is 0 Å². The van der Waals surface area contributed by atoms with Crippen LogP contribution in [0.25, 0.3) is 0 Å². The molecular formula is C18H24N2O2. The fraction of sp³-hybridized carbons (Fsp3) is 0.389. The van der Waals surface area contributed by atoms with Gasteiger partial charge in [0.2, 0.25) is 5.91 Å². The summed E-state index contributed by atoms with van der Waals surface area (Å²) in [5.74, 6) is -0.0167. The van der Waals surface area contributed by atoms with Gasteiger partial charge >= 0.3 is 0 Å². The van der Waals surface area contributed by atoms with Crippen LogP contribution in [0.2, 0.25) is 0 Å². The number of amides is 1. The third-order valence-corrected chi connectivity index (χ3v) is 4.25. The van der Waals surface area contributed by atoms with Crippen molar-refractivity contribution in [3.05, 3.63) is 60.7 Å². The molecule has 1 aromatic rings. The first-order chi connectivity index (χ1) is 10.7. The van der Waals surface area contributed by atoms with Crippen LogP contribution in [0.5, 0.6) is 0 Å². The number of hydrogen-bond donors (Lipinski definition) is 2. The lowest BCUT2D eigenvalue weighted by Gasteiger charge is -2.31. The third-order valence-electron chi connectivity index (χ3n) is 4.25. The first-order valence-corrected chi connectivity index (χ1v) is 7.60. The number of hydrogen-bond acceptors (Lipinski definition) is 3. The second-order valence-electron chi connectivity index (χ2n) is 5.63. The lowest BCUT2D eigenvalue weighted by atomic mass is 9.92. The summed E-state index contributed by atoms with van der Waals surface area (Å²) < 4.78 is 0. The van der Waals surface area contributed by atoms with Gasteiger partial charge in [-0.2, -0.15) is 0 Å². The van der Waals surface area contributed by atoms with Crippen LogP contribution in [0.3, 0.4) is 0 Å². The predicted octanol–water partition coefficient (Wildman–Crippen LogP) is 1.61. The Hall–Kier alpha value is -1.91. The van der Waals surface area contributed by atoms with Gasteiger partial charge in [-0.15, -0.1) is 13.2 Å². The van der Waals surface area contributed by atoms with Gasteiger partial charge in [0.05, 0.1) is 18.7 Å². The van der Waals surface area contributed by atoms with E-state index in [4.69, 9.17) is 0 Å². The van der Waals surface area contributed by atoms with E-state index in [1.807, 2.05) is 18.2 Å². The average molecular weight is 300 g/mol. The van der Waals surface area contributed by atoms with E-state index in [1.54, 1.807) is 17.1 Å². The highest BCUT2D eigenvalue weighted by molar-refractivity contribution is 5.78. The molecule has 0 saturated carbocycles. The zero-order valence-corrected chi connectivity index (χ0v) is 12.9. The lowest BCUT2D eigenvalue weighted by molar-refractivity contribution is -0.129. The molecule has 1 aromatic carbocycles. The van der Waals surface area contributed by atoms with Gasteiger partial charge in [0.25, 0.3) is 0 Å². The summed E-state index contributed by atoms with van der Waals surface area (Å²) in [6, 6.07) is 8.09. The number of carbonyl (C=O) groups excluding carboxylic acids is 1. The molecular weight excluding hydrogens is 276 g/mol. The number of nitrogens with one attached hydrogen (secondary N) is 1. The maximum absolute atomic E-state index is 12.3. The number of aryl methyl sites for hydroxylation is 1. The minimum absolute atomic E-state index is 0.0137. The molecule has 118 valence electrons. The number of rotatable bonds is 8. The Balaban J connectivity index is 2.07. The van der Waals surface area contributed by atoms with Crippen molar-refractivity contribution in [2.24, 2.45) is 0 Å². The van der Waals surface area contributed by atoms with Crippen LogP contribution < -0.4 is 5.32 Å². The number of aliphatic hydroxyl groups excluding tert-OH is 1. The molecule has 1 unspecified atom stereocenters. The van der Waals surface area contributed by atoms with E-state index in [1.165, 1.54) is 5.56 Å². The van der Waals surface area contributed by atoms with E-state index in [-0.39, 0.29) is 19.1 Å². The van der Waals surface area contributed by atoms with Crippen LogP contribution in [0.4, 0.5) is 0 Å². The normalized spacial score (nSPS) is 19.5. The van der Waals surface area contributed by atoms with Crippen LogP contribution in [-0.4, -0.2) is 42.2 Å². The van der Waals surface area contributed by atoms with Crippen molar-refractivity contribution < 1.29 is 9.90 Å². The maximum atomic E-state index is 12.3. The Morgan fingerprint density at radius 2 is 2.00 bits per heavy atom. The van der Waals surface area contributed by atoms with E-state index in [0.717, 1.165) is 18.4 Å². The smallest absolute Gasteiger partial charge is 0.237 e. The SMILES string of the molecule is C=CCN(CC=C)C(=O)CNC1(CO)CCc2ccccc21. The molecule has 0 saturated heterocycles. The second kappa shape index (κ2) is 7.38. The Morgan fingerprint density at radius 3 is 2.64 bits per heavy atom. The van der Waals surface area contributed by atoms with E-state index < -0.39 is 5.54 Å². The summed E-state index contributed by atoms with van der Waals surface area (Å²) in [4.78, 5) is 14.0. The highest BCUT2D eigenvalue weighted by Gasteiger charge is 2.38. The summed E-state index contributed by atoms with van der Waals surface area (Å²) in [7, 11) is 0. The molecule has 0 aliphatic heterocycles. The Kier molecular flexibility index (Phi) is 5.52. The van der Waals surface area contributed by atoms with Crippen LogP contribution in [0.1, 0.15) is 17.5 Å². The first-order valence-electron chi connectivity index (χ1n) is 7.60. The molecule has 1 aliphatic rings. The molecule has 4 nitrogen and oxygen atoms in total. The topological polar surface area (TPSA) is 52.6 Å². The maximum Gasteiger partial charge on any atom is 0.237 e. The van der Waals surface area contributed by atoms with Crippen molar-refractivity contribution in [2.45, 2.75) is 18.4 Å². The molecule has 0 radical (unpaired) electrons. The van der Waals surface area contributed by atoms with Gasteiger partial charge in [-0.1, -0.05) is 36.4 Å². The highest BCUT2D eigenvalue weighted by Crippen LogP contribution is 2.36. The van der Waals surface area contributed by atoms with Crippen molar-refractivity contribution >= 4 is 5.91 Å². The second-order valence-corrected chi connectivity index (χ2v) is 5.63. The molecule has 1 atom stereocenters. The predicted molar refractivity (Wildman–Crippen MR) is 88.5 cm³/mol. The third kappa shape index (κ3) is 3.29. The Labute approximate surface area is 132 Å². The van der Waals surface area contributed by atoms with Gasteiger partial charge < -0.3 is 10.0 Å². The van der Waals surface area contributed by atoms with Crippen molar-refractivity contribution in [2.75, 3.05) is 26.2 Å². The van der Waals surface area contributed by atoms with Crippen LogP contribution >= 0.6 is 0 Å². The van der Waals surface area contributed by atoms with Gasteiger partial charge in [-0.3, -0.25) is 10.1 Å². The van der Waals surface area contributed by atoms with Crippen molar-refractivity contribution in [1.29, 1.82) is 0 Å². The number of nitrogens with zero attached hydrogens (tertiary/aromatic N) is 1. The van der Waals surface area contributed by atoms with Gasteiger partial charge in [0.1, 0.15) is 0 Å². The summed E-state index contributed by atoms with van der Waals surface area (Å²) in [6.07, 6.45) is 5.13. The van der Waals surface area contributed by atoms with Gasteiger partial charge in [-0.05, 0) is 24.0 Å². The minimum atomic E-state index is -0.514. The number of benzene rings is 1. The van der Waals surface area contributed by atoms with E-state index in [2.05, 4.69) is 24.5 Å². The lowest BCUT2D eigenvalue weighted by Crippen LogP contribution is -2.49. The van der Waals surface area contributed by atoms with Gasteiger partial charge in [-0.25, -0.2) is 0 Å². The average Bonchev–Trinajstić information content (AvgIpc) is 2.92. The van der Waals surface area contributed by atoms with Gasteiger partial charge in [0.15, 0.2) is 0 Å². The van der Waals surface area contributed by atoms with Crippen molar-refractivity contribution in [3.8, 4) is 0 Å². The molecule has 0 bridgehead atoms. The number of fused-ring (bicyclic) bond motifs is 1. The summed E-state index contributed by atoms with van der Waals surface area (Å²) >= 11 is 0. The Morgan fingerprint density at radius 1 is 1.32 bits per heavy atom. The summed E-state index contributed by atoms with van der Waals surface area (Å²) in [5.41, 5.74) is 1.83. The zero-order valence-electron chi connectivity index (χ0n) is 12.9. The van der Waals surface area contributed by atoms with Crippen molar-refractivity contribution in [1.82, 2.24) is 10.2 Å². The molecule has 22 heavy (non-hydrogen) atoms. The summed E-state index contributed by atoms with van der Waals surface area (Å²) in [5, 5.41) is 13.2. The standard InChI is InChI=1S/C18H24N2O2/c1-3-11-20(12-4-2)17(22)13-19-18(14-21)10-9-15-7-5-6-8-16(15)18/h3-8,19,21H,1-2,9-14H2. The molecule has 1 amide bonds. The molecule has 0 fully saturated rings. The van der Waals surface area contributed by atoms with Gasteiger partial charge in [0, 0.05) is 13.1 Å².